The van der Waals surface area contributed by atoms with Gasteiger partial charge in [-0.25, -0.2) is 0 Å². The molecule has 96 valence electrons. The van der Waals surface area contributed by atoms with Gasteiger partial charge in [-0.05, 0) is 36.5 Å². The predicted octanol–water partition coefficient (Wildman–Crippen LogP) is 4.98. The molecule has 1 aliphatic carbocycles. The van der Waals surface area contributed by atoms with E-state index in [0.29, 0.717) is 11.2 Å². The van der Waals surface area contributed by atoms with Gasteiger partial charge in [0.05, 0.1) is 12.0 Å². The summed E-state index contributed by atoms with van der Waals surface area (Å²) in [5.41, 5.74) is 1.39. The summed E-state index contributed by atoms with van der Waals surface area (Å²) in [5.74, 6) is 0.833. The molecule has 2 atom stereocenters. The van der Waals surface area contributed by atoms with Crippen LogP contribution in [0.25, 0.3) is 0 Å². The van der Waals surface area contributed by atoms with Crippen LogP contribution in [-0.4, -0.2) is 5.25 Å². The molecule has 18 heavy (non-hydrogen) atoms. The smallest absolute Gasteiger partial charge is 0.0667 e. The summed E-state index contributed by atoms with van der Waals surface area (Å²) in [6.07, 6.45) is 4.77. The number of hydrogen-bond acceptors (Lipinski definition) is 2. The third kappa shape index (κ3) is 3.29. The summed E-state index contributed by atoms with van der Waals surface area (Å²) in [7, 11) is 0. The van der Waals surface area contributed by atoms with E-state index in [1.807, 2.05) is 11.8 Å². The number of rotatable bonds is 3. The van der Waals surface area contributed by atoms with Gasteiger partial charge in [0.1, 0.15) is 0 Å². The summed E-state index contributed by atoms with van der Waals surface area (Å²) in [5, 5.41) is 9.69. The van der Waals surface area contributed by atoms with Gasteiger partial charge in [0.15, 0.2) is 0 Å². The minimum Gasteiger partial charge on any atom is -0.198 e. The van der Waals surface area contributed by atoms with Crippen LogP contribution in [0.3, 0.4) is 0 Å². The highest BCUT2D eigenvalue weighted by molar-refractivity contribution is 8.00. The van der Waals surface area contributed by atoms with Gasteiger partial charge in [-0.1, -0.05) is 38.8 Å². The van der Waals surface area contributed by atoms with E-state index in [-0.39, 0.29) is 5.92 Å². The van der Waals surface area contributed by atoms with Crippen LogP contribution in [0.5, 0.6) is 0 Å². The molecule has 1 nitrogen and oxygen atoms in total. The van der Waals surface area contributed by atoms with Gasteiger partial charge in [-0.3, -0.25) is 0 Å². The molecular weight excluding hydrogens is 238 g/mol. The molecule has 1 saturated carbocycles. The Morgan fingerprint density at radius 3 is 2.44 bits per heavy atom. The van der Waals surface area contributed by atoms with E-state index in [1.165, 1.54) is 29.7 Å². The summed E-state index contributed by atoms with van der Waals surface area (Å²) in [6.45, 7) is 4.43. The van der Waals surface area contributed by atoms with Crippen LogP contribution in [0.1, 0.15) is 51.0 Å². The molecule has 0 bridgehead atoms. The standard InChI is InChI=1S/C16H21NS/c1-12(2)13-7-9-15(10-8-13)18-16-6-4-3-5-14(16)11-17/h7-10,12,14,16H,3-6H2,1-2H3. The second-order valence-electron chi connectivity index (χ2n) is 5.40. The third-order valence-electron chi connectivity index (χ3n) is 3.70. The normalized spacial score (nSPS) is 23.9. The van der Waals surface area contributed by atoms with E-state index in [9.17, 15) is 5.26 Å². The minimum absolute atomic E-state index is 0.244. The lowest BCUT2D eigenvalue weighted by molar-refractivity contribution is 0.439. The predicted molar refractivity (Wildman–Crippen MR) is 77.7 cm³/mol. The molecule has 0 spiro atoms. The average Bonchev–Trinajstić information content (AvgIpc) is 2.40. The maximum atomic E-state index is 9.19. The molecule has 0 heterocycles. The summed E-state index contributed by atoms with van der Waals surface area (Å²) in [4.78, 5) is 1.31. The van der Waals surface area contributed by atoms with Crippen molar-refractivity contribution in [1.29, 1.82) is 5.26 Å². The SMILES string of the molecule is CC(C)c1ccc(SC2CCCCC2C#N)cc1. The Morgan fingerprint density at radius 1 is 1.17 bits per heavy atom. The highest BCUT2D eigenvalue weighted by atomic mass is 32.2. The Labute approximate surface area is 115 Å². The Bertz CT molecular complexity index is 416. The molecule has 2 rings (SSSR count). The van der Waals surface area contributed by atoms with Crippen molar-refractivity contribution in [3.63, 3.8) is 0 Å². The van der Waals surface area contributed by atoms with Crippen LogP contribution >= 0.6 is 11.8 Å². The Kier molecular flexibility index (Phi) is 4.72. The van der Waals surface area contributed by atoms with Crippen LogP contribution in [0.4, 0.5) is 0 Å². The van der Waals surface area contributed by atoms with E-state index >= 15 is 0 Å². The lowest BCUT2D eigenvalue weighted by atomic mass is 9.90. The van der Waals surface area contributed by atoms with Gasteiger partial charge in [0, 0.05) is 10.1 Å². The van der Waals surface area contributed by atoms with Gasteiger partial charge in [0.25, 0.3) is 0 Å². The van der Waals surface area contributed by atoms with Crippen molar-refractivity contribution in [3.05, 3.63) is 29.8 Å². The highest BCUT2D eigenvalue weighted by Gasteiger charge is 2.25. The van der Waals surface area contributed by atoms with Gasteiger partial charge in [0.2, 0.25) is 0 Å². The van der Waals surface area contributed by atoms with Crippen molar-refractivity contribution >= 4 is 11.8 Å². The quantitative estimate of drug-likeness (QED) is 0.764. The maximum Gasteiger partial charge on any atom is 0.0667 e. The number of benzene rings is 1. The molecule has 1 aromatic rings. The van der Waals surface area contributed by atoms with Crippen molar-refractivity contribution in [2.75, 3.05) is 0 Å². The van der Waals surface area contributed by atoms with Gasteiger partial charge >= 0.3 is 0 Å². The first-order chi connectivity index (χ1) is 8.70. The summed E-state index contributed by atoms with van der Waals surface area (Å²) < 4.78 is 0. The van der Waals surface area contributed by atoms with Crippen molar-refractivity contribution in [2.24, 2.45) is 5.92 Å². The van der Waals surface area contributed by atoms with Crippen LogP contribution in [0, 0.1) is 17.2 Å². The average molecular weight is 259 g/mol. The Balaban J connectivity index is 2.02. The van der Waals surface area contributed by atoms with Crippen LogP contribution < -0.4 is 0 Å². The largest absolute Gasteiger partial charge is 0.198 e. The topological polar surface area (TPSA) is 23.8 Å². The molecule has 2 heteroatoms. The Hall–Kier alpha value is -0.940. The third-order valence-corrected chi connectivity index (χ3v) is 5.11. The van der Waals surface area contributed by atoms with Gasteiger partial charge in [-0.15, -0.1) is 11.8 Å². The van der Waals surface area contributed by atoms with Crippen LogP contribution in [-0.2, 0) is 0 Å². The monoisotopic (exact) mass is 259 g/mol. The van der Waals surface area contributed by atoms with E-state index < -0.39 is 0 Å². The van der Waals surface area contributed by atoms with Crippen molar-refractivity contribution in [3.8, 4) is 6.07 Å². The van der Waals surface area contributed by atoms with E-state index in [0.717, 1.165) is 6.42 Å². The summed E-state index contributed by atoms with van der Waals surface area (Å²) >= 11 is 1.90. The molecule has 0 N–H and O–H groups in total. The fraction of sp³-hybridized carbons (Fsp3) is 0.562. The highest BCUT2D eigenvalue weighted by Crippen LogP contribution is 2.37. The van der Waals surface area contributed by atoms with Gasteiger partial charge < -0.3 is 0 Å². The van der Waals surface area contributed by atoms with Gasteiger partial charge in [-0.2, -0.15) is 5.26 Å². The lowest BCUT2D eigenvalue weighted by Gasteiger charge is -2.26. The number of nitrogens with zero attached hydrogens (tertiary/aromatic N) is 1. The zero-order valence-corrected chi connectivity index (χ0v) is 12.0. The molecule has 1 aromatic carbocycles. The molecule has 0 aromatic heterocycles. The first-order valence-electron chi connectivity index (χ1n) is 6.87. The first kappa shape index (κ1) is 13.5. The second kappa shape index (κ2) is 6.29. The molecular formula is C16H21NS. The molecule has 0 amide bonds. The molecule has 2 unspecified atom stereocenters. The van der Waals surface area contributed by atoms with Crippen LogP contribution in [0.15, 0.2) is 29.2 Å². The molecule has 0 aliphatic heterocycles. The minimum atomic E-state index is 0.244. The molecule has 1 aliphatic rings. The van der Waals surface area contributed by atoms with Crippen LogP contribution in [0.2, 0.25) is 0 Å². The van der Waals surface area contributed by atoms with E-state index in [4.69, 9.17) is 0 Å². The van der Waals surface area contributed by atoms with Crippen molar-refractivity contribution < 1.29 is 0 Å². The summed E-state index contributed by atoms with van der Waals surface area (Å²) in [6, 6.07) is 11.3. The second-order valence-corrected chi connectivity index (χ2v) is 6.71. The van der Waals surface area contributed by atoms with E-state index in [1.54, 1.807) is 0 Å². The fourth-order valence-corrected chi connectivity index (χ4v) is 3.78. The molecule has 0 saturated heterocycles. The zero-order chi connectivity index (χ0) is 13.0. The fourth-order valence-electron chi connectivity index (χ4n) is 2.49. The lowest BCUT2D eigenvalue weighted by Crippen LogP contribution is -2.20. The molecule has 1 fully saturated rings. The zero-order valence-electron chi connectivity index (χ0n) is 11.2. The number of hydrogen-bond donors (Lipinski definition) is 0. The maximum absolute atomic E-state index is 9.19. The van der Waals surface area contributed by atoms with E-state index in [2.05, 4.69) is 44.2 Å². The number of thioether (sulfide) groups is 1. The molecule has 0 radical (unpaired) electrons. The Morgan fingerprint density at radius 2 is 1.83 bits per heavy atom. The first-order valence-corrected chi connectivity index (χ1v) is 7.75. The van der Waals surface area contributed by atoms with Crippen molar-refractivity contribution in [1.82, 2.24) is 0 Å². The van der Waals surface area contributed by atoms with Crippen molar-refractivity contribution in [2.45, 2.75) is 55.6 Å². The number of nitriles is 1.